The average Bonchev–Trinajstić information content (AvgIpc) is 2.88. The third-order valence-corrected chi connectivity index (χ3v) is 2.04. The van der Waals surface area contributed by atoms with Crippen LogP contribution >= 0.6 is 0 Å². The topological polar surface area (TPSA) is 53.2 Å². The third-order valence-electron chi connectivity index (χ3n) is 2.04. The van der Waals surface area contributed by atoms with Crippen LogP contribution in [-0.2, 0) is 4.79 Å². The van der Waals surface area contributed by atoms with Crippen LogP contribution in [0.3, 0.4) is 0 Å². The highest BCUT2D eigenvalue weighted by molar-refractivity contribution is 5.93. The molecule has 3 N–H and O–H groups in total. The number of carbonyl (C=O) groups is 1. The average molecular weight is 179 g/mol. The molecule has 4 nitrogen and oxygen atoms in total. The van der Waals surface area contributed by atoms with Crippen molar-refractivity contribution in [1.29, 1.82) is 0 Å². The van der Waals surface area contributed by atoms with E-state index < -0.39 is 0 Å². The van der Waals surface area contributed by atoms with Gasteiger partial charge in [0.2, 0.25) is 0 Å². The molecule has 0 bridgehead atoms. The second-order valence-electron chi connectivity index (χ2n) is 3.46. The van der Waals surface area contributed by atoms with Gasteiger partial charge in [-0.2, -0.15) is 0 Å². The molecule has 13 heavy (non-hydrogen) atoms. The molecule has 0 atom stereocenters. The first kappa shape index (κ1) is 8.16. The number of allylic oxidation sites excluding steroid dienone is 2. The van der Waals surface area contributed by atoms with E-state index in [0.717, 1.165) is 18.4 Å². The Bertz CT molecular complexity index is 289. The highest BCUT2D eigenvalue weighted by atomic mass is 16.2. The number of amides is 1. The molecule has 4 heteroatoms. The largest absolute Gasteiger partial charge is 0.348 e. The zero-order valence-electron chi connectivity index (χ0n) is 7.55. The van der Waals surface area contributed by atoms with Crippen LogP contribution in [0.2, 0.25) is 0 Å². The zero-order chi connectivity index (χ0) is 9.26. The minimum atomic E-state index is -0.0255. The lowest BCUT2D eigenvalue weighted by molar-refractivity contribution is -0.118. The van der Waals surface area contributed by atoms with E-state index >= 15 is 0 Å². The molecule has 0 radical (unpaired) electrons. The van der Waals surface area contributed by atoms with Gasteiger partial charge in [0.15, 0.2) is 0 Å². The SMILES string of the molecule is CC1=CNNC(C(=O)NC2CC2)=C1. The summed E-state index contributed by atoms with van der Waals surface area (Å²) in [5.41, 5.74) is 7.25. The number of nitrogens with one attached hydrogen (secondary N) is 3. The maximum Gasteiger partial charge on any atom is 0.269 e. The van der Waals surface area contributed by atoms with E-state index in [0.29, 0.717) is 11.7 Å². The van der Waals surface area contributed by atoms with Gasteiger partial charge in [-0.1, -0.05) is 0 Å². The minimum absolute atomic E-state index is 0.0255. The first-order chi connectivity index (χ1) is 6.25. The van der Waals surface area contributed by atoms with Crippen molar-refractivity contribution in [2.24, 2.45) is 0 Å². The van der Waals surface area contributed by atoms with Crippen molar-refractivity contribution >= 4 is 5.91 Å². The Morgan fingerprint density at radius 3 is 3.00 bits per heavy atom. The number of carbonyl (C=O) groups excluding carboxylic acids is 1. The van der Waals surface area contributed by atoms with Crippen molar-refractivity contribution in [1.82, 2.24) is 16.2 Å². The summed E-state index contributed by atoms with van der Waals surface area (Å²) in [4.78, 5) is 11.5. The van der Waals surface area contributed by atoms with Gasteiger partial charge in [-0.05, 0) is 31.4 Å². The molecule has 2 rings (SSSR count). The second kappa shape index (κ2) is 3.12. The van der Waals surface area contributed by atoms with E-state index in [2.05, 4.69) is 16.2 Å². The summed E-state index contributed by atoms with van der Waals surface area (Å²) in [5.74, 6) is -0.0255. The first-order valence-corrected chi connectivity index (χ1v) is 4.46. The van der Waals surface area contributed by atoms with Crippen LogP contribution in [-0.4, -0.2) is 11.9 Å². The molecule has 1 aliphatic carbocycles. The number of hydrogen-bond acceptors (Lipinski definition) is 3. The molecule has 0 aromatic heterocycles. The fraction of sp³-hybridized carbons (Fsp3) is 0.444. The molecule has 1 amide bonds. The summed E-state index contributed by atoms with van der Waals surface area (Å²) >= 11 is 0. The Labute approximate surface area is 77.0 Å². The molecule has 0 aromatic rings. The Kier molecular flexibility index (Phi) is 1.96. The highest BCUT2D eigenvalue weighted by Crippen LogP contribution is 2.19. The minimum Gasteiger partial charge on any atom is -0.348 e. The van der Waals surface area contributed by atoms with Crippen molar-refractivity contribution in [3.63, 3.8) is 0 Å². The Morgan fingerprint density at radius 2 is 2.38 bits per heavy atom. The summed E-state index contributed by atoms with van der Waals surface area (Å²) in [6.07, 6.45) is 5.87. The summed E-state index contributed by atoms with van der Waals surface area (Å²) in [6.45, 7) is 1.94. The molecule has 70 valence electrons. The van der Waals surface area contributed by atoms with Gasteiger partial charge in [0.1, 0.15) is 5.70 Å². The van der Waals surface area contributed by atoms with Gasteiger partial charge in [-0.25, -0.2) is 0 Å². The van der Waals surface area contributed by atoms with Gasteiger partial charge < -0.3 is 10.7 Å². The van der Waals surface area contributed by atoms with Gasteiger partial charge in [0.05, 0.1) is 0 Å². The fourth-order valence-corrected chi connectivity index (χ4v) is 1.15. The fourth-order valence-electron chi connectivity index (χ4n) is 1.15. The first-order valence-electron chi connectivity index (χ1n) is 4.46. The van der Waals surface area contributed by atoms with Gasteiger partial charge in [-0.3, -0.25) is 10.2 Å². The van der Waals surface area contributed by atoms with Gasteiger partial charge in [-0.15, -0.1) is 0 Å². The van der Waals surface area contributed by atoms with Crippen LogP contribution in [0.5, 0.6) is 0 Å². The monoisotopic (exact) mass is 179 g/mol. The van der Waals surface area contributed by atoms with Crippen LogP contribution in [0.1, 0.15) is 19.8 Å². The molecular weight excluding hydrogens is 166 g/mol. The van der Waals surface area contributed by atoms with Crippen LogP contribution < -0.4 is 16.2 Å². The highest BCUT2D eigenvalue weighted by Gasteiger charge is 2.24. The van der Waals surface area contributed by atoms with Crippen LogP contribution in [0, 0.1) is 0 Å². The molecule has 0 saturated heterocycles. The Hall–Kier alpha value is -1.45. The van der Waals surface area contributed by atoms with Crippen molar-refractivity contribution in [3.05, 3.63) is 23.5 Å². The van der Waals surface area contributed by atoms with E-state index in [1.807, 2.05) is 19.2 Å². The normalized spacial score (nSPS) is 20.7. The van der Waals surface area contributed by atoms with Crippen molar-refractivity contribution < 1.29 is 4.79 Å². The molecule has 0 unspecified atom stereocenters. The lowest BCUT2D eigenvalue weighted by Gasteiger charge is -2.15. The third kappa shape index (κ3) is 2.02. The van der Waals surface area contributed by atoms with Crippen LogP contribution in [0.25, 0.3) is 0 Å². The van der Waals surface area contributed by atoms with E-state index in [1.165, 1.54) is 0 Å². The van der Waals surface area contributed by atoms with E-state index in [4.69, 9.17) is 0 Å². The summed E-state index contributed by atoms with van der Waals surface area (Å²) in [7, 11) is 0. The van der Waals surface area contributed by atoms with Gasteiger partial charge in [0.25, 0.3) is 5.91 Å². The molecule has 0 spiro atoms. The van der Waals surface area contributed by atoms with Crippen LogP contribution in [0.15, 0.2) is 23.5 Å². The quantitative estimate of drug-likeness (QED) is 0.566. The lowest BCUT2D eigenvalue weighted by atomic mass is 10.2. The predicted molar refractivity (Wildman–Crippen MR) is 49.3 cm³/mol. The lowest BCUT2D eigenvalue weighted by Crippen LogP contribution is -2.39. The number of hydrogen-bond donors (Lipinski definition) is 3. The Morgan fingerprint density at radius 1 is 1.62 bits per heavy atom. The zero-order valence-corrected chi connectivity index (χ0v) is 7.55. The smallest absolute Gasteiger partial charge is 0.269 e. The number of hydrazine groups is 1. The van der Waals surface area contributed by atoms with E-state index in [9.17, 15) is 4.79 Å². The maximum absolute atomic E-state index is 11.5. The molecule has 0 aromatic carbocycles. The Balaban J connectivity index is 1.98. The van der Waals surface area contributed by atoms with E-state index in [1.54, 1.807) is 0 Å². The molecule has 2 aliphatic rings. The summed E-state index contributed by atoms with van der Waals surface area (Å²) < 4.78 is 0. The van der Waals surface area contributed by atoms with Crippen molar-refractivity contribution in [2.45, 2.75) is 25.8 Å². The van der Waals surface area contributed by atoms with E-state index in [-0.39, 0.29) is 5.91 Å². The maximum atomic E-state index is 11.5. The number of rotatable bonds is 2. The predicted octanol–water partition coefficient (Wildman–Crippen LogP) is 0.160. The van der Waals surface area contributed by atoms with Crippen molar-refractivity contribution in [3.8, 4) is 0 Å². The van der Waals surface area contributed by atoms with Crippen LogP contribution in [0.4, 0.5) is 0 Å². The molecule has 1 aliphatic heterocycles. The van der Waals surface area contributed by atoms with Crippen molar-refractivity contribution in [2.75, 3.05) is 0 Å². The molecule has 1 saturated carbocycles. The van der Waals surface area contributed by atoms with Gasteiger partial charge >= 0.3 is 0 Å². The molecular formula is C9H13N3O. The molecule has 1 fully saturated rings. The standard InChI is InChI=1S/C9H13N3O/c1-6-4-8(12-10-5-6)9(13)11-7-2-3-7/h4-5,7,10,12H,2-3H2,1H3,(H,11,13). The summed E-state index contributed by atoms with van der Waals surface area (Å²) in [5, 5.41) is 2.91. The molecule has 1 heterocycles. The van der Waals surface area contributed by atoms with Gasteiger partial charge in [0, 0.05) is 12.2 Å². The summed E-state index contributed by atoms with van der Waals surface area (Å²) in [6, 6.07) is 0.404. The second-order valence-corrected chi connectivity index (χ2v) is 3.46.